The van der Waals surface area contributed by atoms with Gasteiger partial charge in [-0.15, -0.1) is 0 Å². The van der Waals surface area contributed by atoms with E-state index < -0.39 is 9.84 Å². The maximum atomic E-state index is 12.3. The molecule has 0 radical (unpaired) electrons. The van der Waals surface area contributed by atoms with Gasteiger partial charge in [0.25, 0.3) is 0 Å². The normalized spacial score (nSPS) is 30.4. The van der Waals surface area contributed by atoms with Gasteiger partial charge in [0.15, 0.2) is 9.84 Å². The molecule has 112 valence electrons. The van der Waals surface area contributed by atoms with E-state index in [2.05, 4.69) is 12.2 Å². The first-order valence-electron chi connectivity index (χ1n) is 8.03. The molecule has 0 amide bonds. The van der Waals surface area contributed by atoms with Crippen LogP contribution in [-0.2, 0) is 9.84 Å². The predicted octanol–water partition coefficient (Wildman–Crippen LogP) is 2.90. The lowest BCUT2D eigenvalue weighted by atomic mass is 9.87. The first-order valence-corrected chi connectivity index (χ1v) is 9.74. The van der Waals surface area contributed by atoms with Crippen molar-refractivity contribution < 1.29 is 8.42 Å². The Bertz CT molecular complexity index is 360. The molecule has 2 unspecified atom stereocenters. The highest BCUT2D eigenvalue weighted by molar-refractivity contribution is 7.92. The minimum atomic E-state index is -2.86. The van der Waals surface area contributed by atoms with Crippen molar-refractivity contribution in [3.63, 3.8) is 0 Å². The molecule has 4 heteroatoms. The van der Waals surface area contributed by atoms with E-state index in [-0.39, 0.29) is 5.25 Å². The molecule has 3 nitrogen and oxygen atoms in total. The molecule has 0 aromatic heterocycles. The Morgan fingerprint density at radius 1 is 1.00 bits per heavy atom. The first-order chi connectivity index (χ1) is 9.08. The zero-order chi connectivity index (χ0) is 13.7. The topological polar surface area (TPSA) is 46.2 Å². The van der Waals surface area contributed by atoms with E-state index in [1.807, 2.05) is 0 Å². The highest BCUT2D eigenvalue weighted by atomic mass is 32.2. The molecule has 0 bridgehead atoms. The second-order valence-electron chi connectivity index (χ2n) is 6.55. The van der Waals surface area contributed by atoms with Crippen molar-refractivity contribution in [2.75, 3.05) is 12.3 Å². The summed E-state index contributed by atoms with van der Waals surface area (Å²) < 4.78 is 24.5. The van der Waals surface area contributed by atoms with Crippen LogP contribution in [0.3, 0.4) is 0 Å². The van der Waals surface area contributed by atoms with Gasteiger partial charge in [0.2, 0.25) is 0 Å². The van der Waals surface area contributed by atoms with Crippen molar-refractivity contribution in [2.45, 2.75) is 76.0 Å². The summed E-state index contributed by atoms with van der Waals surface area (Å²) in [6, 6.07) is 0.547. The molecule has 2 aliphatic rings. The van der Waals surface area contributed by atoms with Gasteiger partial charge in [0.05, 0.1) is 11.0 Å². The summed E-state index contributed by atoms with van der Waals surface area (Å²) >= 11 is 0. The molecule has 0 heterocycles. The highest BCUT2D eigenvalue weighted by Crippen LogP contribution is 2.25. The summed E-state index contributed by atoms with van der Waals surface area (Å²) in [5.74, 6) is 1.13. The lowest BCUT2D eigenvalue weighted by molar-refractivity contribution is 0.305. The Morgan fingerprint density at radius 2 is 1.74 bits per heavy atom. The van der Waals surface area contributed by atoms with Crippen LogP contribution in [0, 0.1) is 5.92 Å². The van der Waals surface area contributed by atoms with E-state index in [0.717, 1.165) is 31.6 Å². The average molecular weight is 287 g/mol. The fraction of sp³-hybridized carbons (Fsp3) is 1.00. The van der Waals surface area contributed by atoms with Crippen molar-refractivity contribution in [3.05, 3.63) is 0 Å². The summed E-state index contributed by atoms with van der Waals surface area (Å²) in [6.45, 7) is 2.95. The SMILES string of the molecule is CC1CCCC(NCCS(=O)(=O)C2CCCCC2)C1. The first kappa shape index (κ1) is 15.3. The Labute approximate surface area is 118 Å². The predicted molar refractivity (Wildman–Crippen MR) is 80.1 cm³/mol. The molecule has 0 spiro atoms. The van der Waals surface area contributed by atoms with E-state index in [1.165, 1.54) is 32.1 Å². The smallest absolute Gasteiger partial charge is 0.154 e. The number of nitrogens with one attached hydrogen (secondary N) is 1. The van der Waals surface area contributed by atoms with E-state index in [0.29, 0.717) is 18.3 Å². The van der Waals surface area contributed by atoms with Gasteiger partial charge >= 0.3 is 0 Å². The fourth-order valence-corrected chi connectivity index (χ4v) is 5.40. The van der Waals surface area contributed by atoms with Crippen LogP contribution in [0.2, 0.25) is 0 Å². The third kappa shape index (κ3) is 4.75. The molecule has 2 saturated carbocycles. The van der Waals surface area contributed by atoms with E-state index in [4.69, 9.17) is 0 Å². The molecule has 0 aromatic rings. The molecular weight excluding hydrogens is 258 g/mol. The number of sulfone groups is 1. The average Bonchev–Trinajstić information content (AvgIpc) is 2.40. The minimum absolute atomic E-state index is 0.0478. The van der Waals surface area contributed by atoms with Crippen molar-refractivity contribution in [1.82, 2.24) is 5.32 Å². The standard InChI is InChI=1S/C15H29NO2S/c1-13-6-5-7-14(12-13)16-10-11-19(17,18)15-8-3-2-4-9-15/h13-16H,2-12H2,1H3. The largest absolute Gasteiger partial charge is 0.313 e. The van der Waals surface area contributed by atoms with Gasteiger partial charge in [0, 0.05) is 12.6 Å². The van der Waals surface area contributed by atoms with Gasteiger partial charge < -0.3 is 5.32 Å². The van der Waals surface area contributed by atoms with Crippen LogP contribution in [0.25, 0.3) is 0 Å². The molecule has 19 heavy (non-hydrogen) atoms. The van der Waals surface area contributed by atoms with Crippen LogP contribution >= 0.6 is 0 Å². The van der Waals surface area contributed by atoms with E-state index in [9.17, 15) is 8.42 Å². The molecule has 0 saturated heterocycles. The van der Waals surface area contributed by atoms with Crippen LogP contribution in [0.15, 0.2) is 0 Å². The Hall–Kier alpha value is -0.0900. The third-order valence-corrected chi connectivity index (χ3v) is 7.08. The van der Waals surface area contributed by atoms with Gasteiger partial charge in [-0.2, -0.15) is 0 Å². The number of rotatable bonds is 5. The van der Waals surface area contributed by atoms with E-state index in [1.54, 1.807) is 0 Å². The Balaban J connectivity index is 1.71. The van der Waals surface area contributed by atoms with Gasteiger partial charge in [-0.1, -0.05) is 39.0 Å². The third-order valence-electron chi connectivity index (χ3n) is 4.82. The van der Waals surface area contributed by atoms with Gasteiger partial charge in [0.1, 0.15) is 0 Å². The van der Waals surface area contributed by atoms with Crippen LogP contribution in [-0.4, -0.2) is 32.0 Å². The van der Waals surface area contributed by atoms with Crippen molar-refractivity contribution in [3.8, 4) is 0 Å². The quantitative estimate of drug-likeness (QED) is 0.845. The van der Waals surface area contributed by atoms with Crippen molar-refractivity contribution >= 4 is 9.84 Å². The van der Waals surface area contributed by atoms with Crippen LogP contribution in [0.4, 0.5) is 0 Å². The van der Waals surface area contributed by atoms with Crippen molar-refractivity contribution in [1.29, 1.82) is 0 Å². The monoisotopic (exact) mass is 287 g/mol. The summed E-state index contributed by atoms with van der Waals surface area (Å²) in [4.78, 5) is 0. The number of hydrogen-bond donors (Lipinski definition) is 1. The molecule has 2 rings (SSSR count). The van der Waals surface area contributed by atoms with Crippen LogP contribution < -0.4 is 5.32 Å². The van der Waals surface area contributed by atoms with Gasteiger partial charge in [-0.25, -0.2) is 8.42 Å². The summed E-state index contributed by atoms with van der Waals surface area (Å²) in [7, 11) is -2.86. The number of hydrogen-bond acceptors (Lipinski definition) is 3. The molecule has 0 aromatic carbocycles. The molecule has 2 atom stereocenters. The lowest BCUT2D eigenvalue weighted by Crippen LogP contribution is -2.38. The summed E-state index contributed by atoms with van der Waals surface area (Å²) in [5.41, 5.74) is 0. The molecule has 2 fully saturated rings. The maximum Gasteiger partial charge on any atom is 0.154 e. The second kappa shape index (κ2) is 7.07. The Kier molecular flexibility index (Phi) is 5.70. The molecule has 1 N–H and O–H groups in total. The van der Waals surface area contributed by atoms with Crippen LogP contribution in [0.1, 0.15) is 64.7 Å². The maximum absolute atomic E-state index is 12.3. The Morgan fingerprint density at radius 3 is 2.42 bits per heavy atom. The van der Waals surface area contributed by atoms with Crippen LogP contribution in [0.5, 0.6) is 0 Å². The molecule has 2 aliphatic carbocycles. The molecular formula is C15H29NO2S. The zero-order valence-corrected chi connectivity index (χ0v) is 13.1. The summed E-state index contributed by atoms with van der Waals surface area (Å²) in [5, 5.41) is 3.42. The molecule has 0 aliphatic heterocycles. The highest BCUT2D eigenvalue weighted by Gasteiger charge is 2.27. The van der Waals surface area contributed by atoms with Gasteiger partial charge in [-0.3, -0.25) is 0 Å². The lowest BCUT2D eigenvalue weighted by Gasteiger charge is -2.28. The van der Waals surface area contributed by atoms with Crippen molar-refractivity contribution in [2.24, 2.45) is 5.92 Å². The fourth-order valence-electron chi connectivity index (χ4n) is 3.62. The minimum Gasteiger partial charge on any atom is -0.313 e. The van der Waals surface area contributed by atoms with E-state index >= 15 is 0 Å². The van der Waals surface area contributed by atoms with Gasteiger partial charge in [-0.05, 0) is 31.6 Å². The zero-order valence-electron chi connectivity index (χ0n) is 12.2. The second-order valence-corrected chi connectivity index (χ2v) is 8.95. The summed E-state index contributed by atoms with van der Waals surface area (Å²) in [6.07, 6.45) is 10.2.